The number of ketones is 1. The van der Waals surface area contributed by atoms with E-state index in [0.29, 0.717) is 22.7 Å². The van der Waals surface area contributed by atoms with Crippen molar-refractivity contribution in [3.05, 3.63) is 93.6 Å². The first-order chi connectivity index (χ1) is 17.9. The smallest absolute Gasteiger partial charge is 0.317 e. The molecule has 3 aromatic rings. The number of halogens is 1. The van der Waals surface area contributed by atoms with Crippen LogP contribution in [0.1, 0.15) is 42.0 Å². The third kappa shape index (κ3) is 4.57. The minimum atomic E-state index is -1.02. The Kier molecular flexibility index (Phi) is 6.93. The maximum atomic E-state index is 14.3. The van der Waals surface area contributed by atoms with Gasteiger partial charge in [0.2, 0.25) is 5.91 Å². The molecular weight excluding hydrogens is 493 g/mol. The van der Waals surface area contributed by atoms with E-state index in [-0.39, 0.29) is 31.1 Å². The normalized spacial score (nSPS) is 21.6. The predicted octanol–water partition coefficient (Wildman–Crippen LogP) is 5.61. The monoisotopic (exact) mass is 519 g/mol. The molecule has 0 fully saturated rings. The zero-order valence-electron chi connectivity index (χ0n) is 20.5. The van der Waals surface area contributed by atoms with Crippen LogP contribution in [0.25, 0.3) is 0 Å². The summed E-state index contributed by atoms with van der Waals surface area (Å²) in [5, 5.41) is 1.90. The number of allylic oxidation sites excluding steroid dienone is 2. The summed E-state index contributed by atoms with van der Waals surface area (Å²) < 4.78 is 24.5. The van der Waals surface area contributed by atoms with Gasteiger partial charge in [0.15, 0.2) is 5.78 Å². The fraction of sp³-hybridized carbons (Fsp3) is 0.276. The molecule has 5 rings (SSSR count). The van der Waals surface area contributed by atoms with Crippen molar-refractivity contribution < 1.29 is 28.2 Å². The molecule has 1 amide bonds. The molecule has 0 unspecified atom stereocenters. The van der Waals surface area contributed by atoms with Crippen molar-refractivity contribution in [2.75, 3.05) is 18.6 Å². The molecule has 37 heavy (non-hydrogen) atoms. The van der Waals surface area contributed by atoms with E-state index in [2.05, 4.69) is 0 Å². The van der Waals surface area contributed by atoms with E-state index in [1.165, 1.54) is 40.5 Å². The van der Waals surface area contributed by atoms with Crippen LogP contribution >= 0.6 is 11.3 Å². The molecule has 2 aromatic carbocycles. The highest BCUT2D eigenvalue weighted by Gasteiger charge is 2.50. The van der Waals surface area contributed by atoms with Crippen molar-refractivity contribution in [1.82, 2.24) is 0 Å². The lowest BCUT2D eigenvalue weighted by atomic mass is 9.69. The average Bonchev–Trinajstić information content (AvgIpc) is 3.44. The second-order valence-electron chi connectivity index (χ2n) is 9.02. The number of Topliss-reactive ketones (excluding diaryl/α,β-unsaturated/α-hetero) is 1. The number of ether oxygens (including phenoxy) is 2. The van der Waals surface area contributed by atoms with Gasteiger partial charge in [0.05, 0.1) is 13.7 Å². The van der Waals surface area contributed by atoms with Crippen molar-refractivity contribution in [3.8, 4) is 5.75 Å². The standard InChI is InChI=1S/C29H26FNO5S/c1-3-36-29(34)27-22(24-8-5-13-37-24)15-23-26(28(27)33)21(17-6-4-7-20(14-17)35-2)16-25(32)31(23)19-11-9-18(30)10-12-19/h4-14,21-22,27H,3,15-16H2,1-2H3/t21-,22-,27+/m0/s1. The van der Waals surface area contributed by atoms with Crippen molar-refractivity contribution in [3.63, 3.8) is 0 Å². The molecule has 2 heterocycles. The van der Waals surface area contributed by atoms with Crippen LogP contribution in [0.3, 0.4) is 0 Å². The molecule has 2 aliphatic rings. The van der Waals surface area contributed by atoms with Crippen molar-refractivity contribution >= 4 is 34.7 Å². The lowest BCUT2D eigenvalue weighted by Crippen LogP contribution is -2.46. The first-order valence-corrected chi connectivity index (χ1v) is 13.0. The van der Waals surface area contributed by atoms with Crippen LogP contribution < -0.4 is 9.64 Å². The highest BCUT2D eigenvalue weighted by atomic mass is 32.1. The summed E-state index contributed by atoms with van der Waals surface area (Å²) in [6.07, 6.45) is 0.309. The first-order valence-electron chi connectivity index (χ1n) is 12.1. The maximum absolute atomic E-state index is 14.3. The van der Waals surface area contributed by atoms with Gasteiger partial charge in [-0.1, -0.05) is 18.2 Å². The molecule has 190 valence electrons. The van der Waals surface area contributed by atoms with Crippen molar-refractivity contribution in [2.24, 2.45) is 5.92 Å². The largest absolute Gasteiger partial charge is 0.497 e. The summed E-state index contributed by atoms with van der Waals surface area (Å²) >= 11 is 1.46. The van der Waals surface area contributed by atoms with E-state index < -0.39 is 29.5 Å². The Hall–Kier alpha value is -3.78. The van der Waals surface area contributed by atoms with Gasteiger partial charge in [-0.25, -0.2) is 4.39 Å². The lowest BCUT2D eigenvalue weighted by Gasteiger charge is -2.42. The van der Waals surface area contributed by atoms with Crippen LogP contribution in [0, 0.1) is 11.7 Å². The number of carbonyl (C=O) groups is 3. The van der Waals surface area contributed by atoms with Crippen LogP contribution in [0.5, 0.6) is 5.75 Å². The van der Waals surface area contributed by atoms with Gasteiger partial charge >= 0.3 is 5.97 Å². The van der Waals surface area contributed by atoms with Gasteiger partial charge in [0, 0.05) is 40.1 Å². The van der Waals surface area contributed by atoms with E-state index in [1.54, 1.807) is 20.1 Å². The molecular formula is C29H26FNO5S. The molecule has 0 spiro atoms. The number of thiophene rings is 1. The van der Waals surface area contributed by atoms with E-state index >= 15 is 0 Å². The van der Waals surface area contributed by atoms with E-state index in [4.69, 9.17) is 9.47 Å². The van der Waals surface area contributed by atoms with E-state index in [0.717, 1.165) is 10.4 Å². The van der Waals surface area contributed by atoms with Gasteiger partial charge in [0.25, 0.3) is 0 Å². The topological polar surface area (TPSA) is 72.9 Å². The fourth-order valence-corrected chi connectivity index (χ4v) is 6.20. The van der Waals surface area contributed by atoms with E-state index in [1.807, 2.05) is 35.7 Å². The predicted molar refractivity (Wildman–Crippen MR) is 138 cm³/mol. The maximum Gasteiger partial charge on any atom is 0.317 e. The molecule has 1 aliphatic carbocycles. The second-order valence-corrected chi connectivity index (χ2v) is 10.00. The Morgan fingerprint density at radius 1 is 1.08 bits per heavy atom. The minimum absolute atomic E-state index is 0.0222. The molecule has 0 saturated heterocycles. The highest BCUT2D eigenvalue weighted by Crippen LogP contribution is 2.50. The van der Waals surface area contributed by atoms with Crippen LogP contribution in [0.2, 0.25) is 0 Å². The quantitative estimate of drug-likeness (QED) is 0.313. The Morgan fingerprint density at radius 3 is 2.54 bits per heavy atom. The molecule has 1 aromatic heterocycles. The summed E-state index contributed by atoms with van der Waals surface area (Å²) in [5.41, 5.74) is 2.20. The van der Waals surface area contributed by atoms with Gasteiger partial charge in [-0.15, -0.1) is 11.3 Å². The van der Waals surface area contributed by atoms with Crippen LogP contribution in [-0.4, -0.2) is 31.4 Å². The number of amides is 1. The number of rotatable bonds is 6. The number of benzene rings is 2. The first kappa shape index (κ1) is 24.9. The minimum Gasteiger partial charge on any atom is -0.497 e. The van der Waals surface area contributed by atoms with Crippen LogP contribution in [0.15, 0.2) is 77.3 Å². The summed E-state index contributed by atoms with van der Waals surface area (Å²) in [5.74, 6) is -2.98. The third-order valence-electron chi connectivity index (χ3n) is 6.95. The van der Waals surface area contributed by atoms with E-state index in [9.17, 15) is 18.8 Å². The highest BCUT2D eigenvalue weighted by molar-refractivity contribution is 7.10. The van der Waals surface area contributed by atoms with Gasteiger partial charge in [-0.05, 0) is 66.8 Å². The molecule has 0 bridgehead atoms. The van der Waals surface area contributed by atoms with Gasteiger partial charge < -0.3 is 9.47 Å². The second kappa shape index (κ2) is 10.3. The van der Waals surface area contributed by atoms with Gasteiger partial charge in [0.1, 0.15) is 17.5 Å². The van der Waals surface area contributed by atoms with Crippen molar-refractivity contribution in [2.45, 2.75) is 31.6 Å². The number of hydrogen-bond donors (Lipinski definition) is 0. The number of carbonyl (C=O) groups excluding carboxylic acids is 3. The Balaban J connectivity index is 1.71. The number of methoxy groups -OCH3 is 1. The van der Waals surface area contributed by atoms with Crippen molar-refractivity contribution in [1.29, 1.82) is 0 Å². The number of esters is 1. The fourth-order valence-electron chi connectivity index (χ4n) is 5.33. The number of anilines is 1. The Bertz CT molecular complexity index is 1370. The molecule has 0 saturated carbocycles. The Labute approximate surface area is 218 Å². The zero-order valence-corrected chi connectivity index (χ0v) is 21.3. The molecule has 1 aliphatic heterocycles. The Morgan fingerprint density at radius 2 is 1.86 bits per heavy atom. The number of hydrogen-bond acceptors (Lipinski definition) is 6. The molecule has 6 nitrogen and oxygen atoms in total. The lowest BCUT2D eigenvalue weighted by molar-refractivity contribution is -0.152. The van der Waals surface area contributed by atoms with Gasteiger partial charge in [-0.2, -0.15) is 0 Å². The third-order valence-corrected chi connectivity index (χ3v) is 7.96. The summed E-state index contributed by atoms with van der Waals surface area (Å²) in [7, 11) is 1.56. The van der Waals surface area contributed by atoms with Crippen LogP contribution in [0.4, 0.5) is 10.1 Å². The molecule has 0 N–H and O–H groups in total. The summed E-state index contributed by atoms with van der Waals surface area (Å²) in [6.45, 7) is 1.87. The SMILES string of the molecule is CCOC(=O)[C@H]1C(=O)C2=C(C[C@H]1c1cccs1)N(c1ccc(F)cc1)C(=O)C[C@H]2c1cccc(OC)c1. The molecule has 0 radical (unpaired) electrons. The van der Waals surface area contributed by atoms with Crippen LogP contribution in [-0.2, 0) is 19.1 Å². The zero-order chi connectivity index (χ0) is 26.1. The molecule has 3 atom stereocenters. The average molecular weight is 520 g/mol. The summed E-state index contributed by atoms with van der Waals surface area (Å²) in [4.78, 5) is 43.5. The molecule has 8 heteroatoms. The summed E-state index contributed by atoms with van der Waals surface area (Å²) in [6, 6.07) is 16.7. The number of nitrogens with zero attached hydrogens (tertiary/aromatic N) is 1. The van der Waals surface area contributed by atoms with Gasteiger partial charge in [-0.3, -0.25) is 19.3 Å².